The van der Waals surface area contributed by atoms with E-state index in [-0.39, 0.29) is 11.7 Å². The Morgan fingerprint density at radius 1 is 1.43 bits per heavy atom. The molecular weight excluding hydrogens is 284 g/mol. The maximum absolute atomic E-state index is 12.1. The van der Waals surface area contributed by atoms with Crippen molar-refractivity contribution in [1.82, 2.24) is 5.32 Å². The molecule has 4 nitrogen and oxygen atoms in total. The van der Waals surface area contributed by atoms with Gasteiger partial charge in [0, 0.05) is 16.0 Å². The molecule has 0 saturated carbocycles. The van der Waals surface area contributed by atoms with Crippen molar-refractivity contribution >= 4 is 17.2 Å². The Morgan fingerprint density at radius 3 is 2.95 bits per heavy atom. The fourth-order valence-electron chi connectivity index (χ4n) is 1.79. The highest BCUT2D eigenvalue weighted by molar-refractivity contribution is 7.10. The molecule has 4 N–H and O–H groups in total. The van der Waals surface area contributed by atoms with E-state index in [1.807, 2.05) is 11.4 Å². The Hall–Kier alpha value is -2.29. The molecule has 0 spiro atoms. The molecule has 108 valence electrons. The first-order valence-corrected chi connectivity index (χ1v) is 7.33. The van der Waals surface area contributed by atoms with Gasteiger partial charge in [-0.2, -0.15) is 0 Å². The molecular formula is C16H16N2O2S. The Morgan fingerprint density at radius 2 is 2.24 bits per heavy atom. The number of benzene rings is 1. The van der Waals surface area contributed by atoms with Crippen LogP contribution in [0.15, 0.2) is 29.6 Å². The predicted molar refractivity (Wildman–Crippen MR) is 84.3 cm³/mol. The first-order valence-electron chi connectivity index (χ1n) is 6.45. The van der Waals surface area contributed by atoms with Gasteiger partial charge in [-0.3, -0.25) is 4.79 Å². The molecule has 1 aromatic heterocycles. The van der Waals surface area contributed by atoms with Crippen molar-refractivity contribution in [3.05, 3.63) is 51.2 Å². The molecule has 5 heteroatoms. The van der Waals surface area contributed by atoms with E-state index < -0.39 is 0 Å². The maximum atomic E-state index is 12.1. The zero-order chi connectivity index (χ0) is 15.2. The molecule has 1 heterocycles. The smallest absolute Gasteiger partial charge is 0.251 e. The highest BCUT2D eigenvalue weighted by atomic mass is 32.1. The lowest BCUT2D eigenvalue weighted by Crippen LogP contribution is -2.22. The number of phenolic OH excluding ortho intramolecular Hbond substituents is 1. The molecule has 0 radical (unpaired) electrons. The van der Waals surface area contributed by atoms with E-state index in [0.29, 0.717) is 24.2 Å². The second-order valence-electron chi connectivity index (χ2n) is 4.45. The Kier molecular flexibility index (Phi) is 4.99. The Balaban J connectivity index is 2.04. The summed E-state index contributed by atoms with van der Waals surface area (Å²) in [5.41, 5.74) is 7.45. The van der Waals surface area contributed by atoms with Crippen LogP contribution in [-0.2, 0) is 6.54 Å². The van der Waals surface area contributed by atoms with Gasteiger partial charge in [0.05, 0.1) is 13.1 Å². The summed E-state index contributed by atoms with van der Waals surface area (Å²) < 4.78 is 0. The third-order valence-corrected chi connectivity index (χ3v) is 3.86. The third kappa shape index (κ3) is 3.85. The zero-order valence-corrected chi connectivity index (χ0v) is 12.5. The van der Waals surface area contributed by atoms with Crippen LogP contribution in [0, 0.1) is 18.8 Å². The van der Waals surface area contributed by atoms with Crippen molar-refractivity contribution in [2.24, 2.45) is 5.73 Å². The molecule has 0 unspecified atom stereocenters. The molecule has 0 saturated heterocycles. The minimum Gasteiger partial charge on any atom is -0.508 e. The average Bonchev–Trinajstić information content (AvgIpc) is 2.92. The van der Waals surface area contributed by atoms with E-state index in [4.69, 9.17) is 5.73 Å². The van der Waals surface area contributed by atoms with Crippen LogP contribution in [0.3, 0.4) is 0 Å². The summed E-state index contributed by atoms with van der Waals surface area (Å²) in [7, 11) is 0. The lowest BCUT2D eigenvalue weighted by atomic mass is 10.1. The first kappa shape index (κ1) is 15.1. The van der Waals surface area contributed by atoms with Crippen molar-refractivity contribution < 1.29 is 9.90 Å². The standard InChI is InChI=1S/C16H16N2O2S/c1-11-9-13(4-5-14(11)19)16(20)18-10-15-12(3-2-7-17)6-8-21-15/h4-6,8-9,19H,7,10,17H2,1H3,(H,18,20). The molecule has 0 bridgehead atoms. The number of nitrogens with two attached hydrogens (primary N) is 1. The number of hydrogen-bond acceptors (Lipinski definition) is 4. The topological polar surface area (TPSA) is 75.4 Å². The number of rotatable bonds is 3. The average molecular weight is 300 g/mol. The number of phenols is 1. The van der Waals surface area contributed by atoms with Gasteiger partial charge in [0.2, 0.25) is 0 Å². The largest absolute Gasteiger partial charge is 0.508 e. The minimum atomic E-state index is -0.177. The summed E-state index contributed by atoms with van der Waals surface area (Å²) in [5.74, 6) is 5.80. The van der Waals surface area contributed by atoms with Crippen LogP contribution in [0.1, 0.15) is 26.4 Å². The number of hydrogen-bond donors (Lipinski definition) is 3. The lowest BCUT2D eigenvalue weighted by Gasteiger charge is -2.06. The summed E-state index contributed by atoms with van der Waals surface area (Å²) in [5, 5.41) is 14.3. The van der Waals surface area contributed by atoms with Gasteiger partial charge in [-0.1, -0.05) is 11.8 Å². The minimum absolute atomic E-state index is 0.177. The van der Waals surface area contributed by atoms with Crippen molar-refractivity contribution in [3.8, 4) is 17.6 Å². The molecule has 0 aliphatic heterocycles. The second-order valence-corrected chi connectivity index (χ2v) is 5.45. The number of nitrogens with one attached hydrogen (secondary N) is 1. The molecule has 21 heavy (non-hydrogen) atoms. The normalized spacial score (nSPS) is 9.81. The Labute approximate surface area is 127 Å². The van der Waals surface area contributed by atoms with Gasteiger partial charge >= 0.3 is 0 Å². The quantitative estimate of drug-likeness (QED) is 0.759. The van der Waals surface area contributed by atoms with Crippen molar-refractivity contribution in [3.63, 3.8) is 0 Å². The summed E-state index contributed by atoms with van der Waals surface area (Å²) in [6.07, 6.45) is 0. The van der Waals surface area contributed by atoms with Gasteiger partial charge in [-0.05, 0) is 42.1 Å². The van der Waals surface area contributed by atoms with E-state index in [0.717, 1.165) is 10.4 Å². The summed E-state index contributed by atoms with van der Waals surface area (Å²) in [4.78, 5) is 13.1. The first-order chi connectivity index (χ1) is 10.1. The van der Waals surface area contributed by atoms with Crippen molar-refractivity contribution in [2.75, 3.05) is 6.54 Å². The van der Waals surface area contributed by atoms with Gasteiger partial charge in [-0.25, -0.2) is 0 Å². The molecule has 0 atom stereocenters. The molecule has 0 aliphatic carbocycles. The SMILES string of the molecule is Cc1cc(C(=O)NCc2sccc2C#CCN)ccc1O. The lowest BCUT2D eigenvalue weighted by molar-refractivity contribution is 0.0951. The van der Waals surface area contributed by atoms with E-state index in [1.54, 1.807) is 30.4 Å². The molecule has 2 rings (SSSR count). The number of carbonyl (C=O) groups is 1. The molecule has 0 aliphatic rings. The number of aryl methyl sites for hydroxylation is 1. The predicted octanol–water partition coefficient (Wildman–Crippen LogP) is 2.00. The van der Waals surface area contributed by atoms with Crippen LogP contribution < -0.4 is 11.1 Å². The van der Waals surface area contributed by atoms with Crippen LogP contribution >= 0.6 is 11.3 Å². The third-order valence-electron chi connectivity index (χ3n) is 2.94. The van der Waals surface area contributed by atoms with Gasteiger partial charge in [0.25, 0.3) is 5.91 Å². The van der Waals surface area contributed by atoms with Crippen LogP contribution in [0.4, 0.5) is 0 Å². The molecule has 1 amide bonds. The van der Waals surface area contributed by atoms with Crippen molar-refractivity contribution in [2.45, 2.75) is 13.5 Å². The zero-order valence-electron chi connectivity index (χ0n) is 11.6. The van der Waals surface area contributed by atoms with Crippen LogP contribution in [0.25, 0.3) is 0 Å². The number of thiophene rings is 1. The summed E-state index contributed by atoms with van der Waals surface area (Å²) in [6.45, 7) is 2.49. The monoisotopic (exact) mass is 300 g/mol. The molecule has 0 fully saturated rings. The maximum Gasteiger partial charge on any atom is 0.251 e. The highest BCUT2D eigenvalue weighted by Crippen LogP contribution is 2.18. The fraction of sp³-hybridized carbons (Fsp3) is 0.188. The molecule has 2 aromatic rings. The van der Waals surface area contributed by atoms with E-state index >= 15 is 0 Å². The van der Waals surface area contributed by atoms with Gasteiger partial charge in [0.15, 0.2) is 0 Å². The molecule has 1 aromatic carbocycles. The second kappa shape index (κ2) is 6.93. The summed E-state index contributed by atoms with van der Waals surface area (Å²) in [6, 6.07) is 6.70. The number of amides is 1. The van der Waals surface area contributed by atoms with Crippen LogP contribution in [0.5, 0.6) is 5.75 Å². The fourth-order valence-corrected chi connectivity index (χ4v) is 2.56. The van der Waals surface area contributed by atoms with Crippen molar-refractivity contribution in [1.29, 1.82) is 0 Å². The Bertz CT molecular complexity index is 711. The van der Waals surface area contributed by atoms with E-state index in [2.05, 4.69) is 17.2 Å². The number of carbonyl (C=O) groups excluding carboxylic acids is 1. The van der Waals surface area contributed by atoms with E-state index in [1.165, 1.54) is 6.07 Å². The van der Waals surface area contributed by atoms with Crippen LogP contribution in [-0.4, -0.2) is 17.6 Å². The number of aromatic hydroxyl groups is 1. The van der Waals surface area contributed by atoms with Gasteiger partial charge in [-0.15, -0.1) is 11.3 Å². The van der Waals surface area contributed by atoms with Gasteiger partial charge < -0.3 is 16.2 Å². The summed E-state index contributed by atoms with van der Waals surface area (Å²) >= 11 is 1.54. The highest BCUT2D eigenvalue weighted by Gasteiger charge is 2.09. The van der Waals surface area contributed by atoms with E-state index in [9.17, 15) is 9.90 Å². The van der Waals surface area contributed by atoms with Gasteiger partial charge in [0.1, 0.15) is 5.75 Å². The van der Waals surface area contributed by atoms with Crippen LogP contribution in [0.2, 0.25) is 0 Å².